The lowest BCUT2D eigenvalue weighted by molar-refractivity contribution is -0.118. The molecule has 2 amide bonds. The summed E-state index contributed by atoms with van der Waals surface area (Å²) in [5, 5.41) is 3.23. The number of alkyl halides is 2. The predicted molar refractivity (Wildman–Crippen MR) is 180 cm³/mol. The van der Waals surface area contributed by atoms with Crippen molar-refractivity contribution in [2.24, 2.45) is 5.92 Å². The molecule has 3 aromatic rings. The minimum absolute atomic E-state index is 0.0300. The molecule has 0 bridgehead atoms. The summed E-state index contributed by atoms with van der Waals surface area (Å²) in [5.41, 5.74) is 0.251. The summed E-state index contributed by atoms with van der Waals surface area (Å²) in [5.74, 6) is -1.67. The predicted octanol–water partition coefficient (Wildman–Crippen LogP) is 4.35. The van der Waals surface area contributed by atoms with Gasteiger partial charge >= 0.3 is 0 Å². The van der Waals surface area contributed by atoms with Gasteiger partial charge in [-0.1, -0.05) is 0 Å². The van der Waals surface area contributed by atoms with Crippen molar-refractivity contribution in [2.75, 3.05) is 18.6 Å². The number of benzene rings is 2. The van der Waals surface area contributed by atoms with Crippen molar-refractivity contribution >= 4 is 73.1 Å². The second-order valence-electron chi connectivity index (χ2n) is 10.9. The number of halogens is 3. The Kier molecular flexibility index (Phi) is 9.77. The molecule has 2 aromatic carbocycles. The molecule has 1 aromatic heterocycles. The Hall–Kier alpha value is -2.19. The summed E-state index contributed by atoms with van der Waals surface area (Å²) >= 11 is 1.47. The van der Waals surface area contributed by atoms with Gasteiger partial charge in [0.15, 0.2) is 0 Å². The third kappa shape index (κ3) is 7.06. The van der Waals surface area contributed by atoms with E-state index >= 15 is 4.39 Å². The van der Waals surface area contributed by atoms with Crippen molar-refractivity contribution in [1.82, 2.24) is 9.88 Å². The van der Waals surface area contributed by atoms with Crippen molar-refractivity contribution in [2.45, 2.75) is 40.6 Å². The smallest absolute Gasteiger partial charge is 0.288 e. The molecule has 1 aliphatic heterocycles. The zero-order valence-corrected chi connectivity index (χ0v) is 28.8. The van der Waals surface area contributed by atoms with E-state index < -0.39 is 34.0 Å². The highest BCUT2D eigenvalue weighted by Gasteiger charge is 2.45. The Morgan fingerprint density at radius 2 is 1.86 bits per heavy atom. The van der Waals surface area contributed by atoms with Gasteiger partial charge in [0, 0.05) is 65.0 Å². The first-order chi connectivity index (χ1) is 20.4. The Morgan fingerprint density at radius 3 is 2.47 bits per heavy atom. The molecule has 8 nitrogen and oxygen atoms in total. The number of pyridine rings is 1. The van der Waals surface area contributed by atoms with Crippen molar-refractivity contribution in [1.29, 1.82) is 0 Å². The van der Waals surface area contributed by atoms with Gasteiger partial charge in [-0.05, 0) is 71.4 Å². The van der Waals surface area contributed by atoms with Gasteiger partial charge in [-0.15, -0.1) is 27.7 Å². The van der Waals surface area contributed by atoms with E-state index in [-0.39, 0.29) is 39.6 Å². The minimum atomic E-state index is -1.55. The maximum atomic E-state index is 15.5. The standard InChI is InChI=1S/C29H31F2IN3O5P3/c1-39-18-9-20(30)23(22(41)10-18)19-14-35(21-3-2-8-34(26(21)37)13-15-11-29(42,43)12-15)27(38)24(19)33-25(36)16-4-6-17(7-5-16)40-28(31)32/h2-10,15,19,24,28H,11-14,41-43H2,1H3,(H,33,36)/t19-,24-,28?/m0/s1. The van der Waals surface area contributed by atoms with Gasteiger partial charge in [-0.2, -0.15) is 4.39 Å². The summed E-state index contributed by atoms with van der Waals surface area (Å²) in [6.07, 6.45) is 3.57. The molecule has 14 heteroatoms. The lowest BCUT2D eigenvalue weighted by atomic mass is 9.84. The van der Waals surface area contributed by atoms with Gasteiger partial charge in [0.05, 0.1) is 7.11 Å². The van der Waals surface area contributed by atoms with Crippen LogP contribution in [0, 0.1) is 11.7 Å². The van der Waals surface area contributed by atoms with Gasteiger partial charge < -0.3 is 24.3 Å². The van der Waals surface area contributed by atoms with Crippen LogP contribution in [0.5, 0.6) is 11.5 Å². The number of carbonyl (C=O) groups is 2. The topological polar surface area (TPSA) is 89.9 Å². The van der Waals surface area contributed by atoms with E-state index in [9.17, 15) is 18.8 Å². The summed E-state index contributed by atoms with van der Waals surface area (Å²) in [6.45, 7) is 0.490. The third-order valence-corrected chi connectivity index (χ3v) is 9.44. The molecule has 4 unspecified atom stereocenters. The van der Waals surface area contributed by atoms with Gasteiger partial charge in [0.1, 0.15) is 29.0 Å². The van der Waals surface area contributed by atoms with E-state index in [0.717, 1.165) is 12.8 Å². The molecule has 1 saturated heterocycles. The molecule has 2 heterocycles. The van der Waals surface area contributed by atoms with Crippen molar-refractivity contribution in [3.63, 3.8) is 0 Å². The zero-order valence-electron chi connectivity index (χ0n) is 23.1. The molecule has 0 spiro atoms. The first kappa shape index (κ1) is 32.2. The minimum Gasteiger partial charge on any atom is -0.497 e. The highest BCUT2D eigenvalue weighted by atomic mass is 127. The summed E-state index contributed by atoms with van der Waals surface area (Å²) < 4.78 is 39.0. The van der Waals surface area contributed by atoms with Gasteiger partial charge in [0.25, 0.3) is 15.8 Å². The maximum absolute atomic E-state index is 15.5. The molecule has 2 aliphatic rings. The average Bonchev–Trinajstić information content (AvgIpc) is 3.23. The second kappa shape index (κ2) is 13.0. The molecule has 228 valence electrons. The van der Waals surface area contributed by atoms with Crippen LogP contribution in [-0.4, -0.2) is 45.3 Å². The Labute approximate surface area is 268 Å². The first-order valence-electron chi connectivity index (χ1n) is 13.4. The van der Waals surface area contributed by atoms with Crippen LogP contribution in [0.15, 0.2) is 59.5 Å². The van der Waals surface area contributed by atoms with Gasteiger partial charge in [-0.3, -0.25) is 14.4 Å². The Morgan fingerprint density at radius 1 is 1.16 bits per heavy atom. The zero-order chi connectivity index (χ0) is 31.1. The maximum Gasteiger partial charge on any atom is 0.288 e. The van der Waals surface area contributed by atoms with E-state index in [0.29, 0.717) is 23.5 Å². The van der Waals surface area contributed by atoms with Crippen LogP contribution in [0.2, 0.25) is 0 Å². The largest absolute Gasteiger partial charge is 0.497 e. The molecule has 2 fully saturated rings. The molecular formula is C29H31F2IN3O5P3. The highest BCUT2D eigenvalue weighted by Crippen LogP contribution is 2.50. The second-order valence-corrected chi connectivity index (χ2v) is 15.4. The van der Waals surface area contributed by atoms with Crippen LogP contribution in [0.25, 0.3) is 0 Å². The molecule has 5 rings (SSSR count). The van der Waals surface area contributed by atoms with Crippen LogP contribution < -0.4 is 30.6 Å². The number of nitrogens with zero attached hydrogens (tertiary/aromatic N) is 2. The SMILES string of the molecule is COc1cc(F)c([C@@H]2CN(c3cccn(CC4CC(P)(P)C4)c3=O)C(=O)[C@H]2NC(=O)c2ccc(OC(F)I)cc2)c(P)c1. The lowest BCUT2D eigenvalue weighted by Gasteiger charge is -2.42. The molecule has 1 N–H and O–H groups in total. The third-order valence-electron chi connectivity index (χ3n) is 7.77. The number of methoxy groups -OCH3 is 1. The van der Waals surface area contributed by atoms with Crippen LogP contribution in [-0.2, 0) is 11.3 Å². The Bertz CT molecular complexity index is 1570. The number of amides is 2. The number of carbonyl (C=O) groups excluding carboxylic acids is 2. The van der Waals surface area contributed by atoms with E-state index in [1.165, 1.54) is 64.9 Å². The van der Waals surface area contributed by atoms with Crippen LogP contribution in [0.4, 0.5) is 14.5 Å². The van der Waals surface area contributed by atoms with E-state index in [4.69, 9.17) is 9.47 Å². The molecule has 6 atom stereocenters. The van der Waals surface area contributed by atoms with E-state index in [2.05, 4.69) is 33.0 Å². The number of aromatic nitrogens is 1. The number of nitrogens with one attached hydrogen (secondary N) is 1. The summed E-state index contributed by atoms with van der Waals surface area (Å²) in [6, 6.07) is 10.7. The fourth-order valence-corrected chi connectivity index (χ4v) is 7.94. The Balaban J connectivity index is 1.47. The number of rotatable bonds is 9. The lowest BCUT2D eigenvalue weighted by Crippen LogP contribution is -2.45. The highest BCUT2D eigenvalue weighted by molar-refractivity contribution is 14.1. The van der Waals surface area contributed by atoms with Crippen LogP contribution >= 0.6 is 50.3 Å². The summed E-state index contributed by atoms with van der Waals surface area (Å²) in [7, 11) is 9.53. The quantitative estimate of drug-likeness (QED) is 0.199. The molecule has 0 radical (unpaired) electrons. The first-order valence-corrected chi connectivity index (χ1v) is 16.4. The fourth-order valence-electron chi connectivity index (χ4n) is 5.80. The monoisotopic (exact) mass is 759 g/mol. The molecule has 43 heavy (non-hydrogen) atoms. The van der Waals surface area contributed by atoms with Gasteiger partial charge in [0.2, 0.25) is 5.91 Å². The number of anilines is 1. The molecule has 1 aliphatic carbocycles. The van der Waals surface area contributed by atoms with Crippen molar-refractivity contribution in [3.05, 3.63) is 82.0 Å². The van der Waals surface area contributed by atoms with Crippen LogP contribution in [0.1, 0.15) is 34.7 Å². The normalized spacial score (nSPS) is 20.4. The van der Waals surface area contributed by atoms with Gasteiger partial charge in [-0.25, -0.2) is 4.39 Å². The van der Waals surface area contributed by atoms with E-state index in [1.54, 1.807) is 29.0 Å². The summed E-state index contributed by atoms with van der Waals surface area (Å²) in [4.78, 5) is 42.3. The van der Waals surface area contributed by atoms with Crippen molar-refractivity contribution in [3.8, 4) is 11.5 Å². The van der Waals surface area contributed by atoms with Crippen LogP contribution in [0.3, 0.4) is 0 Å². The van der Waals surface area contributed by atoms with E-state index in [1.807, 2.05) is 0 Å². The average molecular weight is 759 g/mol. The number of hydrogen-bond donors (Lipinski definition) is 1. The molecular weight excluding hydrogens is 728 g/mol. The number of ether oxygens (including phenoxy) is 2. The number of hydrogen-bond acceptors (Lipinski definition) is 5. The van der Waals surface area contributed by atoms with Crippen molar-refractivity contribution < 1.29 is 27.8 Å². The molecule has 1 saturated carbocycles. The fraction of sp³-hybridized carbons (Fsp3) is 0.345.